The molecule has 3 aromatic heterocycles. The summed E-state index contributed by atoms with van der Waals surface area (Å²) in [5, 5.41) is 15.2. The first-order chi connectivity index (χ1) is 20.3. The Hall–Kier alpha value is -5.28. The molecule has 0 bridgehead atoms. The number of aliphatic hydroxyl groups is 1. The highest BCUT2D eigenvalue weighted by atomic mass is 16.3. The van der Waals surface area contributed by atoms with Gasteiger partial charge in [-0.05, 0) is 24.6 Å². The van der Waals surface area contributed by atoms with Gasteiger partial charge in [0.25, 0.3) is 11.8 Å². The van der Waals surface area contributed by atoms with E-state index in [1.54, 1.807) is 48.1 Å². The molecule has 6 aromatic rings. The first kappa shape index (κ1) is 24.5. The Morgan fingerprint density at radius 1 is 0.762 bits per heavy atom. The zero-order valence-corrected chi connectivity index (χ0v) is 22.6. The second-order valence-electron chi connectivity index (χ2n) is 11.3. The Balaban J connectivity index is 1.27. The van der Waals surface area contributed by atoms with Crippen LogP contribution in [0.2, 0.25) is 0 Å². The van der Waals surface area contributed by atoms with Gasteiger partial charge in [-0.3, -0.25) is 14.5 Å². The standard InChI is InChI=1S/C33H24N6O3/c1-32(42)18-33(19-32,38-30(40)23-9-5-6-10-24(23)31(38)41)22-13-11-21(12-14-22)28-27(20-7-3-2-4-8-20)36-25-17-34-26-15-16-35-39(26)29(25)37-28/h2-17,42H,18-19H2,1H3/t32-,33+. The van der Waals surface area contributed by atoms with Gasteiger partial charge in [0.1, 0.15) is 5.52 Å². The van der Waals surface area contributed by atoms with Gasteiger partial charge < -0.3 is 5.11 Å². The van der Waals surface area contributed by atoms with Gasteiger partial charge in [-0.15, -0.1) is 0 Å². The molecule has 0 unspecified atom stereocenters. The largest absolute Gasteiger partial charge is 0.390 e. The molecule has 204 valence electrons. The second-order valence-corrected chi connectivity index (χ2v) is 11.3. The summed E-state index contributed by atoms with van der Waals surface area (Å²) in [7, 11) is 0. The van der Waals surface area contributed by atoms with Crippen LogP contribution in [0.1, 0.15) is 46.0 Å². The summed E-state index contributed by atoms with van der Waals surface area (Å²) in [5.41, 5.74) is 4.56. The minimum Gasteiger partial charge on any atom is -0.390 e. The average Bonchev–Trinajstić information content (AvgIpc) is 3.58. The summed E-state index contributed by atoms with van der Waals surface area (Å²) in [6.07, 6.45) is 3.88. The quantitative estimate of drug-likeness (QED) is 0.305. The summed E-state index contributed by atoms with van der Waals surface area (Å²) < 4.78 is 1.67. The van der Waals surface area contributed by atoms with Gasteiger partial charge in [-0.2, -0.15) is 9.61 Å². The number of carbonyl (C=O) groups excluding carboxylic acids is 2. The van der Waals surface area contributed by atoms with Crippen molar-refractivity contribution in [2.75, 3.05) is 0 Å². The smallest absolute Gasteiger partial charge is 0.262 e. The molecule has 2 amide bonds. The highest BCUT2D eigenvalue weighted by Gasteiger charge is 2.60. The molecule has 0 spiro atoms. The van der Waals surface area contributed by atoms with Crippen molar-refractivity contribution < 1.29 is 14.7 Å². The van der Waals surface area contributed by atoms with E-state index in [1.165, 1.54) is 4.90 Å². The number of nitrogens with zero attached hydrogens (tertiary/aromatic N) is 6. The Labute approximate surface area is 240 Å². The van der Waals surface area contributed by atoms with E-state index in [0.717, 1.165) is 16.7 Å². The minimum absolute atomic E-state index is 0.250. The van der Waals surface area contributed by atoms with Gasteiger partial charge in [-0.25, -0.2) is 15.0 Å². The lowest BCUT2D eigenvalue weighted by Gasteiger charge is -2.55. The van der Waals surface area contributed by atoms with Crippen LogP contribution in [-0.2, 0) is 5.54 Å². The van der Waals surface area contributed by atoms with Crippen LogP contribution in [0.4, 0.5) is 0 Å². The van der Waals surface area contributed by atoms with Crippen LogP contribution in [-0.4, -0.2) is 52.0 Å². The number of rotatable bonds is 4. The molecular formula is C33H24N6O3. The van der Waals surface area contributed by atoms with E-state index in [-0.39, 0.29) is 24.7 Å². The summed E-state index contributed by atoms with van der Waals surface area (Å²) >= 11 is 0. The number of carbonyl (C=O) groups is 2. The van der Waals surface area contributed by atoms with Crippen molar-refractivity contribution in [2.45, 2.75) is 30.9 Å². The molecule has 3 aromatic carbocycles. The molecule has 1 aliphatic carbocycles. The Morgan fingerprint density at radius 3 is 2.05 bits per heavy atom. The fourth-order valence-corrected chi connectivity index (χ4v) is 6.58. The summed E-state index contributed by atoms with van der Waals surface area (Å²) in [6, 6.07) is 26.2. The Morgan fingerprint density at radius 2 is 1.38 bits per heavy atom. The molecular weight excluding hydrogens is 528 g/mol. The van der Waals surface area contributed by atoms with Crippen LogP contribution >= 0.6 is 0 Å². The van der Waals surface area contributed by atoms with Crippen molar-refractivity contribution in [1.82, 2.24) is 29.5 Å². The molecule has 4 heterocycles. The summed E-state index contributed by atoms with van der Waals surface area (Å²) in [6.45, 7) is 1.74. The Kier molecular flexibility index (Phi) is 5.02. The van der Waals surface area contributed by atoms with Gasteiger partial charge >= 0.3 is 0 Å². The molecule has 0 atom stereocenters. The van der Waals surface area contributed by atoms with Gasteiger partial charge in [0.2, 0.25) is 0 Å². The van der Waals surface area contributed by atoms with Crippen LogP contribution in [0.15, 0.2) is 97.3 Å². The first-order valence-electron chi connectivity index (χ1n) is 13.7. The number of imide groups is 1. The summed E-state index contributed by atoms with van der Waals surface area (Å²) in [5.74, 6) is -0.669. The lowest BCUT2D eigenvalue weighted by molar-refractivity contribution is -0.118. The monoisotopic (exact) mass is 552 g/mol. The van der Waals surface area contributed by atoms with Crippen LogP contribution in [0.5, 0.6) is 0 Å². The van der Waals surface area contributed by atoms with Crippen molar-refractivity contribution in [3.8, 4) is 22.5 Å². The third-order valence-electron chi connectivity index (χ3n) is 8.36. The Bertz CT molecular complexity index is 2020. The highest BCUT2D eigenvalue weighted by molar-refractivity contribution is 6.22. The van der Waals surface area contributed by atoms with E-state index >= 15 is 0 Å². The minimum atomic E-state index is -0.999. The van der Waals surface area contributed by atoms with Crippen LogP contribution in [0.25, 0.3) is 39.3 Å². The molecule has 1 N–H and O–H groups in total. The van der Waals surface area contributed by atoms with Gasteiger partial charge in [0, 0.05) is 30.0 Å². The van der Waals surface area contributed by atoms with E-state index < -0.39 is 11.1 Å². The van der Waals surface area contributed by atoms with Crippen LogP contribution in [0, 0.1) is 0 Å². The molecule has 1 fully saturated rings. The molecule has 0 saturated heterocycles. The van der Waals surface area contributed by atoms with Gasteiger partial charge in [0.05, 0.1) is 46.0 Å². The number of benzene rings is 3. The number of fused-ring (bicyclic) bond motifs is 4. The number of aromatic nitrogens is 5. The fraction of sp³-hybridized carbons (Fsp3) is 0.152. The third kappa shape index (κ3) is 3.47. The maximum absolute atomic E-state index is 13.5. The molecule has 8 rings (SSSR count). The van der Waals surface area contributed by atoms with Crippen molar-refractivity contribution in [2.24, 2.45) is 0 Å². The lowest BCUT2D eigenvalue weighted by atomic mass is 9.61. The number of hydrogen-bond donors (Lipinski definition) is 1. The van der Waals surface area contributed by atoms with E-state index in [0.29, 0.717) is 39.3 Å². The predicted molar refractivity (Wildman–Crippen MR) is 155 cm³/mol. The fourth-order valence-electron chi connectivity index (χ4n) is 6.58. The maximum atomic E-state index is 13.5. The van der Waals surface area contributed by atoms with Gasteiger partial charge in [-0.1, -0.05) is 66.7 Å². The van der Waals surface area contributed by atoms with Crippen LogP contribution in [0.3, 0.4) is 0 Å². The van der Waals surface area contributed by atoms with Crippen LogP contribution < -0.4 is 0 Å². The third-order valence-corrected chi connectivity index (χ3v) is 8.36. The van der Waals surface area contributed by atoms with E-state index in [1.807, 2.05) is 60.7 Å². The van der Waals surface area contributed by atoms with Crippen molar-refractivity contribution in [1.29, 1.82) is 0 Å². The normalized spacial score (nSPS) is 21.6. The van der Waals surface area contributed by atoms with Crippen molar-refractivity contribution in [3.05, 3.63) is 114 Å². The topological polar surface area (TPSA) is 114 Å². The number of hydrogen-bond acceptors (Lipinski definition) is 7. The highest BCUT2D eigenvalue weighted by Crippen LogP contribution is 2.54. The first-order valence-corrected chi connectivity index (χ1v) is 13.7. The average molecular weight is 553 g/mol. The van der Waals surface area contributed by atoms with E-state index in [2.05, 4.69) is 10.1 Å². The zero-order chi connectivity index (χ0) is 28.6. The molecule has 42 heavy (non-hydrogen) atoms. The maximum Gasteiger partial charge on any atom is 0.262 e. The van der Waals surface area contributed by atoms with E-state index in [4.69, 9.17) is 9.97 Å². The van der Waals surface area contributed by atoms with Gasteiger partial charge in [0.15, 0.2) is 11.3 Å². The molecule has 2 aliphatic rings. The molecule has 0 radical (unpaired) electrons. The predicted octanol–water partition coefficient (Wildman–Crippen LogP) is 5.04. The second kappa shape index (κ2) is 8.61. The SMILES string of the molecule is C[C@]1(O)C[C@@](c2ccc(-c3nc4c(cnc5ccnn54)nc3-c3ccccc3)cc2)(N2C(=O)c3ccccc3C2=O)C1. The van der Waals surface area contributed by atoms with Crippen molar-refractivity contribution >= 4 is 28.6 Å². The van der Waals surface area contributed by atoms with Crippen molar-refractivity contribution in [3.63, 3.8) is 0 Å². The lowest BCUT2D eigenvalue weighted by Crippen LogP contribution is -2.63. The summed E-state index contributed by atoms with van der Waals surface area (Å²) in [4.78, 5) is 42.8. The zero-order valence-electron chi connectivity index (χ0n) is 22.6. The molecule has 1 saturated carbocycles. The molecule has 9 nitrogen and oxygen atoms in total. The molecule has 9 heteroatoms. The molecule has 1 aliphatic heterocycles. The van der Waals surface area contributed by atoms with E-state index in [9.17, 15) is 14.7 Å². The number of amides is 2.